The summed E-state index contributed by atoms with van der Waals surface area (Å²) in [6, 6.07) is 0. The Morgan fingerprint density at radius 3 is 2.38 bits per heavy atom. The highest BCUT2D eigenvalue weighted by Gasteiger charge is 2.51. The zero-order valence-electron chi connectivity index (χ0n) is 15.5. The summed E-state index contributed by atoms with van der Waals surface area (Å²) in [6.07, 6.45) is 10.2. The summed E-state index contributed by atoms with van der Waals surface area (Å²) in [5.41, 5.74) is 3.77. The zero-order valence-corrected chi connectivity index (χ0v) is 15.5. The van der Waals surface area contributed by atoms with Gasteiger partial charge in [-0.25, -0.2) is 0 Å². The number of allylic oxidation sites excluding steroid dienone is 6. The molecule has 1 aromatic rings. The van der Waals surface area contributed by atoms with Crippen LogP contribution in [0.4, 0.5) is 0 Å². The maximum Gasteiger partial charge on any atom is 0.494 e. The average Bonchev–Trinajstić information content (AvgIpc) is 2.96. The van der Waals surface area contributed by atoms with Gasteiger partial charge in [0.05, 0.1) is 17.4 Å². The molecule has 0 saturated carbocycles. The van der Waals surface area contributed by atoms with E-state index in [-0.39, 0.29) is 18.3 Å². The largest absolute Gasteiger partial charge is 0.494 e. The molecular weight excluding hydrogens is 301 g/mol. The molecule has 0 bridgehead atoms. The Labute approximate surface area is 144 Å². The molecule has 0 aromatic carbocycles. The van der Waals surface area contributed by atoms with Gasteiger partial charge in [0.1, 0.15) is 5.69 Å². The van der Waals surface area contributed by atoms with Crippen LogP contribution >= 0.6 is 0 Å². The molecular formula is C18H26BN3O2. The van der Waals surface area contributed by atoms with Crippen LogP contribution in [0.1, 0.15) is 53.2 Å². The minimum absolute atomic E-state index is 0.325. The first-order valence-corrected chi connectivity index (χ1v) is 8.50. The van der Waals surface area contributed by atoms with Gasteiger partial charge in [-0.1, -0.05) is 23.8 Å². The second kappa shape index (κ2) is 6.01. The first kappa shape index (κ1) is 17.2. The van der Waals surface area contributed by atoms with E-state index in [2.05, 4.69) is 63.0 Å². The molecule has 1 aromatic heterocycles. The first-order chi connectivity index (χ1) is 11.2. The summed E-state index contributed by atoms with van der Waals surface area (Å²) in [5, 5.41) is 8.63. The molecule has 1 aliphatic carbocycles. The summed E-state index contributed by atoms with van der Waals surface area (Å²) in [7, 11) is 1.51. The van der Waals surface area contributed by atoms with E-state index in [9.17, 15) is 0 Å². The van der Waals surface area contributed by atoms with E-state index in [1.165, 1.54) is 5.57 Å². The highest BCUT2D eigenvalue weighted by atomic mass is 16.7. The molecule has 2 heterocycles. The third-order valence-electron chi connectivity index (χ3n) is 5.20. The van der Waals surface area contributed by atoms with Gasteiger partial charge in [0.15, 0.2) is 0 Å². The molecule has 24 heavy (non-hydrogen) atoms. The minimum Gasteiger partial charge on any atom is -0.399 e. The highest BCUT2D eigenvalue weighted by molar-refractivity contribution is 6.55. The van der Waals surface area contributed by atoms with E-state index in [0.29, 0.717) is 0 Å². The van der Waals surface area contributed by atoms with Gasteiger partial charge in [-0.05, 0) is 52.9 Å². The lowest BCUT2D eigenvalue weighted by atomic mass is 9.76. The van der Waals surface area contributed by atoms with Gasteiger partial charge in [0.2, 0.25) is 0 Å². The number of nitrogens with zero attached hydrogens (tertiary/aromatic N) is 3. The number of aromatic nitrogens is 3. The predicted molar refractivity (Wildman–Crippen MR) is 96.1 cm³/mol. The van der Waals surface area contributed by atoms with Crippen LogP contribution in [0, 0.1) is 0 Å². The molecule has 1 aliphatic heterocycles. The molecule has 2 aliphatic rings. The molecule has 5 nitrogen and oxygen atoms in total. The number of hydrogen-bond donors (Lipinski definition) is 0. The quantitative estimate of drug-likeness (QED) is 0.780. The fourth-order valence-corrected chi connectivity index (χ4v) is 2.91. The van der Waals surface area contributed by atoms with E-state index in [4.69, 9.17) is 9.31 Å². The van der Waals surface area contributed by atoms with Crippen molar-refractivity contribution in [3.8, 4) is 0 Å². The van der Waals surface area contributed by atoms with E-state index in [1.807, 2.05) is 13.2 Å². The van der Waals surface area contributed by atoms with Crippen molar-refractivity contribution >= 4 is 12.7 Å². The van der Waals surface area contributed by atoms with Crippen LogP contribution in [-0.2, 0) is 16.4 Å². The van der Waals surface area contributed by atoms with Crippen LogP contribution in [0.5, 0.6) is 0 Å². The maximum absolute atomic E-state index is 6.18. The van der Waals surface area contributed by atoms with E-state index < -0.39 is 0 Å². The van der Waals surface area contributed by atoms with Gasteiger partial charge in [-0.15, -0.1) is 0 Å². The van der Waals surface area contributed by atoms with Crippen LogP contribution in [0.2, 0.25) is 0 Å². The number of hydrogen-bond acceptors (Lipinski definition) is 4. The Kier molecular flexibility index (Phi) is 4.30. The van der Waals surface area contributed by atoms with Crippen LogP contribution in [0.3, 0.4) is 0 Å². The Bertz CT molecular complexity index is 712. The van der Waals surface area contributed by atoms with Crippen molar-refractivity contribution in [2.45, 2.75) is 58.7 Å². The van der Waals surface area contributed by atoms with Gasteiger partial charge in [0.25, 0.3) is 0 Å². The topological polar surface area (TPSA) is 49.2 Å². The van der Waals surface area contributed by atoms with Crippen LogP contribution in [0.15, 0.2) is 35.5 Å². The van der Waals surface area contributed by atoms with E-state index >= 15 is 0 Å². The summed E-state index contributed by atoms with van der Waals surface area (Å²) >= 11 is 0. The molecule has 0 radical (unpaired) electrons. The normalized spacial score (nSPS) is 23.2. The van der Waals surface area contributed by atoms with Crippen molar-refractivity contribution in [3.05, 3.63) is 41.2 Å². The van der Waals surface area contributed by atoms with Gasteiger partial charge < -0.3 is 9.31 Å². The Morgan fingerprint density at radius 1 is 1.12 bits per heavy atom. The van der Waals surface area contributed by atoms with E-state index in [0.717, 1.165) is 29.6 Å². The molecule has 3 rings (SSSR count). The Balaban J connectivity index is 1.87. The van der Waals surface area contributed by atoms with Crippen LogP contribution < -0.4 is 0 Å². The molecule has 0 amide bonds. The van der Waals surface area contributed by atoms with Crippen molar-refractivity contribution in [2.75, 3.05) is 0 Å². The smallest absolute Gasteiger partial charge is 0.399 e. The molecule has 0 spiro atoms. The fraction of sp³-hybridized carbons (Fsp3) is 0.556. The summed E-state index contributed by atoms with van der Waals surface area (Å²) in [5.74, 6) is 0. The number of aryl methyl sites for hydroxylation is 1. The fourth-order valence-electron chi connectivity index (χ4n) is 2.91. The van der Waals surface area contributed by atoms with Gasteiger partial charge in [-0.2, -0.15) is 15.0 Å². The molecule has 1 saturated heterocycles. The molecule has 6 heteroatoms. The molecule has 0 atom stereocenters. The van der Waals surface area contributed by atoms with Crippen molar-refractivity contribution in [1.82, 2.24) is 15.0 Å². The van der Waals surface area contributed by atoms with Crippen molar-refractivity contribution < 1.29 is 9.31 Å². The Morgan fingerprint density at radius 2 is 1.79 bits per heavy atom. The minimum atomic E-state index is -0.326. The summed E-state index contributed by atoms with van der Waals surface area (Å²) in [4.78, 5) is 1.59. The second-order valence-corrected chi connectivity index (χ2v) is 7.58. The highest BCUT2D eigenvalue weighted by Crippen LogP contribution is 2.39. The third-order valence-corrected chi connectivity index (χ3v) is 5.20. The molecule has 1 fully saturated rings. The maximum atomic E-state index is 6.18. The standard InChI is InChI=1S/C18H26BN3O2/c1-13-8-7-9-14(19-23-17(2,3)18(4,5)24-19)10-11-15(13)16-12-20-22(6)21-16/h9-12H,7-8H2,1-6H3. The zero-order chi connectivity index (χ0) is 17.5. The van der Waals surface area contributed by atoms with Crippen molar-refractivity contribution in [1.29, 1.82) is 0 Å². The number of rotatable bonds is 2. The van der Waals surface area contributed by atoms with Crippen molar-refractivity contribution in [2.24, 2.45) is 7.05 Å². The summed E-state index contributed by atoms with van der Waals surface area (Å²) in [6.45, 7) is 10.5. The van der Waals surface area contributed by atoms with Gasteiger partial charge >= 0.3 is 7.12 Å². The molecule has 0 unspecified atom stereocenters. The predicted octanol–water partition coefficient (Wildman–Crippen LogP) is 3.50. The van der Waals surface area contributed by atoms with Crippen LogP contribution in [-0.4, -0.2) is 33.3 Å². The monoisotopic (exact) mass is 327 g/mol. The lowest BCUT2D eigenvalue weighted by molar-refractivity contribution is 0.00578. The second-order valence-electron chi connectivity index (χ2n) is 7.58. The SMILES string of the molecule is CC1=C(c2cnn(C)n2)C=CC(B2OC(C)(C)C(C)(C)O2)=CCC1. The van der Waals surface area contributed by atoms with Crippen LogP contribution in [0.25, 0.3) is 5.57 Å². The molecule has 128 valence electrons. The Hall–Kier alpha value is -1.66. The lowest BCUT2D eigenvalue weighted by Gasteiger charge is -2.32. The first-order valence-electron chi connectivity index (χ1n) is 8.50. The van der Waals surface area contributed by atoms with Crippen molar-refractivity contribution in [3.63, 3.8) is 0 Å². The average molecular weight is 327 g/mol. The van der Waals surface area contributed by atoms with E-state index in [1.54, 1.807) is 4.80 Å². The van der Waals surface area contributed by atoms with Gasteiger partial charge in [0, 0.05) is 12.6 Å². The van der Waals surface area contributed by atoms with Gasteiger partial charge in [-0.3, -0.25) is 0 Å². The third kappa shape index (κ3) is 3.13. The summed E-state index contributed by atoms with van der Waals surface area (Å²) < 4.78 is 12.4. The lowest BCUT2D eigenvalue weighted by Crippen LogP contribution is -2.41. The molecule has 0 N–H and O–H groups in total.